The van der Waals surface area contributed by atoms with Gasteiger partial charge in [-0.2, -0.15) is 5.10 Å². The summed E-state index contributed by atoms with van der Waals surface area (Å²) in [4.78, 5) is 20.2. The Kier molecular flexibility index (Phi) is 6.43. The molecular formula is C27H26N6O2. The minimum absolute atomic E-state index is 0.366. The molecule has 0 aliphatic rings. The molecule has 5 rings (SSSR count). The van der Waals surface area contributed by atoms with Crippen LogP contribution in [0.2, 0.25) is 0 Å². The Bertz CT molecular complexity index is 1440. The van der Waals surface area contributed by atoms with E-state index in [1.54, 1.807) is 35.3 Å². The molecule has 0 saturated carbocycles. The Morgan fingerprint density at radius 3 is 2.80 bits per heavy atom. The molecule has 0 radical (unpaired) electrons. The normalized spacial score (nSPS) is 10.9. The molecule has 8 nitrogen and oxygen atoms in total. The lowest BCUT2D eigenvalue weighted by Crippen LogP contribution is -2.21. The second-order valence-electron chi connectivity index (χ2n) is 8.18. The van der Waals surface area contributed by atoms with Crippen molar-refractivity contribution in [3.05, 3.63) is 91.0 Å². The van der Waals surface area contributed by atoms with Crippen LogP contribution in [0.15, 0.2) is 85.3 Å². The van der Waals surface area contributed by atoms with Crippen molar-refractivity contribution >= 4 is 28.4 Å². The molecule has 2 aromatic carbocycles. The van der Waals surface area contributed by atoms with Crippen molar-refractivity contribution in [2.75, 3.05) is 10.6 Å². The lowest BCUT2D eigenvalue weighted by Gasteiger charge is -2.11. The van der Waals surface area contributed by atoms with Gasteiger partial charge in [-0.05, 0) is 61.4 Å². The summed E-state index contributed by atoms with van der Waals surface area (Å²) in [7, 11) is 0. The minimum Gasteiger partial charge on any atom is -0.456 e. The standard InChI is InChI=1S/C27H26N6O2/c1-2-3-6-21-17-26(33(32-21)22-10-11-25-19(15-22)12-14-29-25)31-27(34)30-20-7-4-8-23(16-20)35-24-9-5-13-28-18-24/h4-5,7-18,29H,2-3,6H2,1H3,(H2,30,31,34). The fourth-order valence-electron chi connectivity index (χ4n) is 3.83. The number of urea groups is 1. The van der Waals surface area contributed by atoms with Gasteiger partial charge in [0.1, 0.15) is 17.3 Å². The fourth-order valence-corrected chi connectivity index (χ4v) is 3.83. The Hall–Kier alpha value is -4.59. The monoisotopic (exact) mass is 466 g/mol. The molecule has 35 heavy (non-hydrogen) atoms. The first-order chi connectivity index (χ1) is 17.2. The van der Waals surface area contributed by atoms with Crippen LogP contribution in [-0.4, -0.2) is 25.8 Å². The maximum absolute atomic E-state index is 12.9. The Morgan fingerprint density at radius 2 is 1.94 bits per heavy atom. The smallest absolute Gasteiger partial charge is 0.324 e. The molecule has 0 saturated heterocycles. The third-order valence-electron chi connectivity index (χ3n) is 5.53. The number of carbonyl (C=O) groups is 1. The van der Waals surface area contributed by atoms with E-state index in [4.69, 9.17) is 9.84 Å². The van der Waals surface area contributed by atoms with E-state index in [0.29, 0.717) is 23.0 Å². The topological polar surface area (TPSA) is 96.9 Å². The Labute approximate surface area is 203 Å². The molecule has 3 heterocycles. The van der Waals surface area contributed by atoms with E-state index in [0.717, 1.165) is 41.5 Å². The molecular weight excluding hydrogens is 440 g/mol. The summed E-state index contributed by atoms with van der Waals surface area (Å²) in [5.74, 6) is 1.82. The summed E-state index contributed by atoms with van der Waals surface area (Å²) in [6.45, 7) is 2.15. The van der Waals surface area contributed by atoms with Crippen LogP contribution in [0.5, 0.6) is 11.5 Å². The quantitative estimate of drug-likeness (QED) is 0.242. The number of hydrogen-bond acceptors (Lipinski definition) is 4. The number of benzene rings is 2. The molecule has 0 aliphatic carbocycles. The van der Waals surface area contributed by atoms with Gasteiger partial charge < -0.3 is 15.0 Å². The third-order valence-corrected chi connectivity index (χ3v) is 5.53. The average Bonchev–Trinajstić information content (AvgIpc) is 3.50. The predicted octanol–water partition coefficient (Wildman–Crippen LogP) is 6.53. The van der Waals surface area contributed by atoms with Crippen LogP contribution < -0.4 is 15.4 Å². The van der Waals surface area contributed by atoms with Crippen LogP contribution in [0, 0.1) is 0 Å². The van der Waals surface area contributed by atoms with Crippen LogP contribution in [0.1, 0.15) is 25.5 Å². The van der Waals surface area contributed by atoms with Gasteiger partial charge in [0.05, 0.1) is 17.6 Å². The number of anilines is 2. The Balaban J connectivity index is 1.35. The van der Waals surface area contributed by atoms with E-state index in [2.05, 4.69) is 27.5 Å². The third kappa shape index (κ3) is 5.33. The zero-order chi connectivity index (χ0) is 24.0. The predicted molar refractivity (Wildman–Crippen MR) is 137 cm³/mol. The number of hydrogen-bond donors (Lipinski definition) is 3. The maximum atomic E-state index is 12.9. The van der Waals surface area contributed by atoms with E-state index in [9.17, 15) is 4.79 Å². The van der Waals surface area contributed by atoms with Crippen LogP contribution in [0.25, 0.3) is 16.6 Å². The van der Waals surface area contributed by atoms with E-state index in [1.165, 1.54) is 0 Å². The molecule has 3 N–H and O–H groups in total. The van der Waals surface area contributed by atoms with Crippen molar-refractivity contribution in [2.24, 2.45) is 0 Å². The van der Waals surface area contributed by atoms with Crippen LogP contribution >= 0.6 is 0 Å². The van der Waals surface area contributed by atoms with Crippen molar-refractivity contribution in [1.82, 2.24) is 19.7 Å². The summed E-state index contributed by atoms with van der Waals surface area (Å²) in [6, 6.07) is 20.4. The summed E-state index contributed by atoms with van der Waals surface area (Å²) >= 11 is 0. The molecule has 3 aromatic heterocycles. The van der Waals surface area contributed by atoms with Crippen molar-refractivity contribution in [3.8, 4) is 17.2 Å². The van der Waals surface area contributed by atoms with Gasteiger partial charge in [-0.15, -0.1) is 0 Å². The zero-order valence-corrected chi connectivity index (χ0v) is 19.4. The summed E-state index contributed by atoms with van der Waals surface area (Å²) < 4.78 is 7.59. The Morgan fingerprint density at radius 1 is 1.03 bits per heavy atom. The highest BCUT2D eigenvalue weighted by Crippen LogP contribution is 2.25. The van der Waals surface area contributed by atoms with Gasteiger partial charge in [-0.25, -0.2) is 9.48 Å². The van der Waals surface area contributed by atoms with Crippen molar-refractivity contribution in [1.29, 1.82) is 0 Å². The van der Waals surface area contributed by atoms with Gasteiger partial charge in [-0.1, -0.05) is 19.4 Å². The first-order valence-corrected chi connectivity index (χ1v) is 11.6. The van der Waals surface area contributed by atoms with Gasteiger partial charge in [0.15, 0.2) is 0 Å². The number of ether oxygens (including phenoxy) is 1. The summed E-state index contributed by atoms with van der Waals surface area (Å²) in [5, 5.41) is 11.7. The van der Waals surface area contributed by atoms with E-state index in [-0.39, 0.29) is 6.03 Å². The maximum Gasteiger partial charge on any atom is 0.324 e. The number of nitrogens with zero attached hydrogens (tertiary/aromatic N) is 3. The fraction of sp³-hybridized carbons (Fsp3) is 0.148. The first-order valence-electron chi connectivity index (χ1n) is 11.6. The number of aryl methyl sites for hydroxylation is 1. The van der Waals surface area contributed by atoms with Crippen LogP contribution in [0.4, 0.5) is 16.3 Å². The van der Waals surface area contributed by atoms with Gasteiger partial charge >= 0.3 is 6.03 Å². The largest absolute Gasteiger partial charge is 0.456 e. The zero-order valence-electron chi connectivity index (χ0n) is 19.4. The number of rotatable bonds is 8. The van der Waals surface area contributed by atoms with Gasteiger partial charge in [0.2, 0.25) is 0 Å². The number of aromatic nitrogens is 4. The lowest BCUT2D eigenvalue weighted by molar-refractivity contribution is 0.262. The lowest BCUT2D eigenvalue weighted by atomic mass is 10.2. The molecule has 2 amide bonds. The highest BCUT2D eigenvalue weighted by molar-refractivity contribution is 5.99. The molecule has 0 bridgehead atoms. The SMILES string of the molecule is CCCCc1cc(NC(=O)Nc2cccc(Oc3cccnc3)c2)n(-c2ccc3[nH]ccc3c2)n1. The number of pyridine rings is 1. The molecule has 176 valence electrons. The molecule has 0 spiro atoms. The summed E-state index contributed by atoms with van der Waals surface area (Å²) in [5.41, 5.74) is 3.47. The molecule has 5 aromatic rings. The number of unbranched alkanes of at least 4 members (excludes halogenated alkanes) is 1. The van der Waals surface area contributed by atoms with Crippen LogP contribution in [-0.2, 0) is 6.42 Å². The second kappa shape index (κ2) is 10.1. The number of amides is 2. The van der Waals surface area contributed by atoms with Crippen molar-refractivity contribution < 1.29 is 9.53 Å². The second-order valence-corrected chi connectivity index (χ2v) is 8.18. The van der Waals surface area contributed by atoms with E-state index < -0.39 is 0 Å². The molecule has 0 atom stereocenters. The minimum atomic E-state index is -0.366. The van der Waals surface area contributed by atoms with E-state index >= 15 is 0 Å². The molecule has 0 aliphatic heterocycles. The molecule has 0 unspecified atom stereocenters. The van der Waals surface area contributed by atoms with Gasteiger partial charge in [0, 0.05) is 41.1 Å². The number of nitrogens with one attached hydrogen (secondary N) is 3. The number of aromatic amines is 1. The highest BCUT2D eigenvalue weighted by atomic mass is 16.5. The highest BCUT2D eigenvalue weighted by Gasteiger charge is 2.14. The number of H-pyrrole nitrogens is 1. The van der Waals surface area contributed by atoms with Crippen LogP contribution in [0.3, 0.4) is 0 Å². The van der Waals surface area contributed by atoms with Gasteiger partial charge in [0.25, 0.3) is 0 Å². The average molecular weight is 467 g/mol. The molecule has 0 fully saturated rings. The first kappa shape index (κ1) is 22.2. The number of carbonyl (C=O) groups excluding carboxylic acids is 1. The number of fused-ring (bicyclic) bond motifs is 1. The van der Waals surface area contributed by atoms with Crippen molar-refractivity contribution in [3.63, 3.8) is 0 Å². The van der Waals surface area contributed by atoms with Gasteiger partial charge in [-0.3, -0.25) is 10.3 Å². The van der Waals surface area contributed by atoms with Crippen molar-refractivity contribution in [2.45, 2.75) is 26.2 Å². The molecule has 8 heteroatoms. The summed E-state index contributed by atoms with van der Waals surface area (Å²) in [6.07, 6.45) is 8.17. The van der Waals surface area contributed by atoms with E-state index in [1.807, 2.05) is 54.7 Å².